The highest BCUT2D eigenvalue weighted by atomic mass is 16.3. The lowest BCUT2D eigenvalue weighted by Crippen LogP contribution is -2.25. The van der Waals surface area contributed by atoms with Crippen molar-refractivity contribution in [3.8, 4) is 11.3 Å². The molecule has 0 saturated heterocycles. The molecule has 0 aliphatic carbocycles. The van der Waals surface area contributed by atoms with E-state index in [1.807, 2.05) is 53.6 Å². The van der Waals surface area contributed by atoms with Gasteiger partial charge in [0.15, 0.2) is 0 Å². The molecule has 0 fully saturated rings. The van der Waals surface area contributed by atoms with Crippen LogP contribution in [0.15, 0.2) is 67.0 Å². The van der Waals surface area contributed by atoms with Crippen LogP contribution in [-0.2, 0) is 19.6 Å². The fourth-order valence-corrected chi connectivity index (χ4v) is 3.87. The van der Waals surface area contributed by atoms with Crippen molar-refractivity contribution in [2.75, 3.05) is 6.61 Å². The summed E-state index contributed by atoms with van der Waals surface area (Å²) >= 11 is 0. The van der Waals surface area contributed by atoms with Gasteiger partial charge in [0, 0.05) is 30.2 Å². The fraction of sp³-hybridized carbons (Fsp3) is 0.174. The number of hydrogen-bond donors (Lipinski definition) is 1. The second-order valence-electron chi connectivity index (χ2n) is 7.22. The maximum Gasteiger partial charge on any atom is 0.255 e. The zero-order valence-corrected chi connectivity index (χ0v) is 15.8. The van der Waals surface area contributed by atoms with Gasteiger partial charge in [-0.1, -0.05) is 42.5 Å². The molecule has 2 aromatic heterocycles. The number of fused-ring (bicyclic) bond motifs is 2. The number of aromatic nitrogens is 3. The third-order valence-electron chi connectivity index (χ3n) is 5.33. The van der Waals surface area contributed by atoms with E-state index < -0.39 is 0 Å². The van der Waals surface area contributed by atoms with Crippen molar-refractivity contribution in [2.45, 2.75) is 19.6 Å². The minimum atomic E-state index is 0.00352. The molecule has 2 aromatic carbocycles. The SMILES string of the molecule is O=C(c1cc(-c2cnn(CCO)c2)nc2ccccc12)N1Cc2ccccc2C1. The molecule has 0 spiro atoms. The van der Waals surface area contributed by atoms with Crippen molar-refractivity contribution >= 4 is 16.8 Å². The standard InChI is InChI=1S/C23H20N4O2/c28-10-9-27-15-18(12-24-27)22-11-20(19-7-3-4-8-21(19)25-22)23(29)26-13-16-5-1-2-6-17(16)14-26/h1-8,11-12,15,28H,9-10,13-14H2. The number of para-hydroxylation sites is 1. The Hall–Kier alpha value is -3.51. The molecule has 1 aliphatic rings. The van der Waals surface area contributed by atoms with Crippen LogP contribution >= 0.6 is 0 Å². The van der Waals surface area contributed by atoms with E-state index in [-0.39, 0.29) is 12.5 Å². The molecule has 6 nitrogen and oxygen atoms in total. The van der Waals surface area contributed by atoms with Gasteiger partial charge >= 0.3 is 0 Å². The fourth-order valence-electron chi connectivity index (χ4n) is 3.87. The summed E-state index contributed by atoms with van der Waals surface area (Å²) in [4.78, 5) is 20.1. The average molecular weight is 384 g/mol. The van der Waals surface area contributed by atoms with E-state index in [2.05, 4.69) is 17.2 Å². The van der Waals surface area contributed by atoms with Crippen molar-refractivity contribution in [2.24, 2.45) is 0 Å². The first-order valence-electron chi connectivity index (χ1n) is 9.62. The minimum absolute atomic E-state index is 0.00352. The lowest BCUT2D eigenvalue weighted by molar-refractivity contribution is 0.0753. The Kier molecular flexibility index (Phi) is 4.33. The number of nitrogens with zero attached hydrogens (tertiary/aromatic N) is 4. The molecular weight excluding hydrogens is 364 g/mol. The highest BCUT2D eigenvalue weighted by Crippen LogP contribution is 2.29. The number of rotatable bonds is 4. The second kappa shape index (κ2) is 7.14. The van der Waals surface area contributed by atoms with Crippen molar-refractivity contribution in [1.82, 2.24) is 19.7 Å². The molecule has 6 heteroatoms. The van der Waals surface area contributed by atoms with Gasteiger partial charge in [-0.3, -0.25) is 9.48 Å². The Balaban J connectivity index is 1.56. The normalized spacial score (nSPS) is 13.1. The van der Waals surface area contributed by atoms with Crippen LogP contribution in [0, 0.1) is 0 Å². The summed E-state index contributed by atoms with van der Waals surface area (Å²) in [6.07, 6.45) is 3.56. The van der Waals surface area contributed by atoms with E-state index in [0.717, 1.165) is 16.5 Å². The van der Waals surface area contributed by atoms with Crippen LogP contribution in [0.4, 0.5) is 0 Å². The van der Waals surface area contributed by atoms with E-state index in [4.69, 9.17) is 10.1 Å². The molecule has 3 heterocycles. The number of aliphatic hydroxyl groups excluding tert-OH is 1. The molecule has 29 heavy (non-hydrogen) atoms. The summed E-state index contributed by atoms with van der Waals surface area (Å²) in [6.45, 7) is 1.68. The molecule has 1 aliphatic heterocycles. The van der Waals surface area contributed by atoms with Crippen molar-refractivity contribution in [1.29, 1.82) is 0 Å². The van der Waals surface area contributed by atoms with Gasteiger partial charge in [-0.05, 0) is 23.3 Å². The van der Waals surface area contributed by atoms with Crippen LogP contribution in [0.2, 0.25) is 0 Å². The Morgan fingerprint density at radius 1 is 1.03 bits per heavy atom. The van der Waals surface area contributed by atoms with Crippen LogP contribution < -0.4 is 0 Å². The van der Waals surface area contributed by atoms with Crippen LogP contribution in [0.3, 0.4) is 0 Å². The number of carbonyl (C=O) groups is 1. The van der Waals surface area contributed by atoms with Gasteiger partial charge in [0.05, 0.1) is 36.1 Å². The smallest absolute Gasteiger partial charge is 0.255 e. The van der Waals surface area contributed by atoms with Gasteiger partial charge in [-0.25, -0.2) is 4.98 Å². The molecule has 0 bridgehead atoms. The van der Waals surface area contributed by atoms with Crippen LogP contribution in [0.1, 0.15) is 21.5 Å². The third kappa shape index (κ3) is 3.17. The first kappa shape index (κ1) is 17.6. The van der Waals surface area contributed by atoms with Crippen LogP contribution in [0.25, 0.3) is 22.2 Å². The number of amides is 1. The summed E-state index contributed by atoms with van der Waals surface area (Å²) in [5, 5.41) is 14.2. The van der Waals surface area contributed by atoms with Crippen molar-refractivity contribution < 1.29 is 9.90 Å². The Labute approximate surface area is 168 Å². The molecule has 0 radical (unpaired) electrons. The molecule has 0 saturated carbocycles. The van der Waals surface area contributed by atoms with Crippen molar-refractivity contribution in [3.63, 3.8) is 0 Å². The van der Waals surface area contributed by atoms with Gasteiger partial charge < -0.3 is 10.0 Å². The largest absolute Gasteiger partial charge is 0.394 e. The quantitative estimate of drug-likeness (QED) is 0.586. The monoisotopic (exact) mass is 384 g/mol. The van der Waals surface area contributed by atoms with E-state index in [1.54, 1.807) is 10.9 Å². The zero-order chi connectivity index (χ0) is 19.8. The summed E-state index contributed by atoms with van der Waals surface area (Å²) in [5.74, 6) is 0.00352. The molecule has 0 atom stereocenters. The summed E-state index contributed by atoms with van der Waals surface area (Å²) < 4.78 is 1.67. The molecule has 4 aromatic rings. The maximum absolute atomic E-state index is 13.5. The molecule has 1 N–H and O–H groups in total. The van der Waals surface area contributed by atoms with Crippen molar-refractivity contribution in [3.05, 3.63) is 83.7 Å². The number of carbonyl (C=O) groups excluding carboxylic acids is 1. The highest BCUT2D eigenvalue weighted by Gasteiger charge is 2.26. The lowest BCUT2D eigenvalue weighted by atomic mass is 10.0. The third-order valence-corrected chi connectivity index (χ3v) is 5.33. The first-order valence-corrected chi connectivity index (χ1v) is 9.62. The van der Waals surface area contributed by atoms with Gasteiger partial charge in [-0.2, -0.15) is 5.10 Å². The second-order valence-corrected chi connectivity index (χ2v) is 7.22. The summed E-state index contributed by atoms with van der Waals surface area (Å²) in [5.41, 5.74) is 5.35. The molecule has 144 valence electrons. The van der Waals surface area contributed by atoms with Gasteiger partial charge in [0.2, 0.25) is 0 Å². The van der Waals surface area contributed by atoms with Gasteiger partial charge in [0.25, 0.3) is 5.91 Å². The Morgan fingerprint density at radius 3 is 2.52 bits per heavy atom. The number of hydrogen-bond acceptors (Lipinski definition) is 4. The van der Waals surface area contributed by atoms with Gasteiger partial charge in [-0.15, -0.1) is 0 Å². The van der Waals surface area contributed by atoms with E-state index in [0.29, 0.717) is 30.9 Å². The lowest BCUT2D eigenvalue weighted by Gasteiger charge is -2.17. The maximum atomic E-state index is 13.5. The zero-order valence-electron chi connectivity index (χ0n) is 15.8. The highest BCUT2D eigenvalue weighted by molar-refractivity contribution is 6.07. The predicted octanol–water partition coefficient (Wildman–Crippen LogP) is 3.25. The van der Waals surface area contributed by atoms with E-state index in [9.17, 15) is 4.79 Å². The summed E-state index contributed by atoms with van der Waals surface area (Å²) in [7, 11) is 0. The van der Waals surface area contributed by atoms with Crippen LogP contribution in [0.5, 0.6) is 0 Å². The molecular formula is C23H20N4O2. The topological polar surface area (TPSA) is 71.2 Å². The first-order chi connectivity index (χ1) is 14.2. The number of benzene rings is 2. The Bertz CT molecular complexity index is 1190. The molecule has 1 amide bonds. The number of pyridine rings is 1. The molecule has 0 unspecified atom stereocenters. The minimum Gasteiger partial charge on any atom is -0.394 e. The predicted molar refractivity (Wildman–Crippen MR) is 110 cm³/mol. The van der Waals surface area contributed by atoms with E-state index in [1.165, 1.54) is 11.1 Å². The number of aliphatic hydroxyl groups is 1. The Morgan fingerprint density at radius 2 is 1.76 bits per heavy atom. The van der Waals surface area contributed by atoms with Gasteiger partial charge in [0.1, 0.15) is 0 Å². The van der Waals surface area contributed by atoms with E-state index >= 15 is 0 Å². The summed E-state index contributed by atoms with van der Waals surface area (Å²) in [6, 6.07) is 17.8. The average Bonchev–Trinajstić information content (AvgIpc) is 3.40. The molecule has 5 rings (SSSR count). The van der Waals surface area contributed by atoms with Crippen LogP contribution in [-0.4, -0.2) is 37.3 Å².